The molecule has 0 saturated heterocycles. The number of nitrogens with one attached hydrogen (secondary N) is 1. The summed E-state index contributed by atoms with van der Waals surface area (Å²) in [7, 11) is 0. The van der Waals surface area contributed by atoms with E-state index in [-0.39, 0.29) is 18.1 Å². The van der Waals surface area contributed by atoms with Gasteiger partial charge in [-0.25, -0.2) is 9.48 Å². The molecule has 0 aliphatic rings. The fourth-order valence-corrected chi connectivity index (χ4v) is 1.72. The summed E-state index contributed by atoms with van der Waals surface area (Å²) in [5.74, 6) is -1.45. The number of aromatic nitrogens is 3. The van der Waals surface area contributed by atoms with E-state index in [4.69, 9.17) is 10.8 Å². The van der Waals surface area contributed by atoms with E-state index in [0.717, 1.165) is 5.56 Å². The van der Waals surface area contributed by atoms with Crippen LogP contribution in [0.2, 0.25) is 0 Å². The Hall–Kier alpha value is -2.74. The Kier molecular flexibility index (Phi) is 4.62. The molecular weight excluding hydrogens is 274 g/mol. The number of carboxylic acids is 1. The van der Waals surface area contributed by atoms with Crippen LogP contribution in [0, 0.1) is 0 Å². The van der Waals surface area contributed by atoms with Gasteiger partial charge in [0, 0.05) is 6.54 Å². The van der Waals surface area contributed by atoms with Crippen LogP contribution in [0.4, 0.5) is 0 Å². The number of nitrogens with two attached hydrogens (primary N) is 1. The highest BCUT2D eigenvalue weighted by atomic mass is 16.4. The van der Waals surface area contributed by atoms with E-state index < -0.39 is 12.0 Å². The molecule has 1 aromatic heterocycles. The Morgan fingerprint density at radius 2 is 2.05 bits per heavy atom. The van der Waals surface area contributed by atoms with Crippen LogP contribution in [0.3, 0.4) is 0 Å². The van der Waals surface area contributed by atoms with Crippen molar-refractivity contribution < 1.29 is 14.7 Å². The third-order valence-electron chi connectivity index (χ3n) is 2.84. The quantitative estimate of drug-likeness (QED) is 0.676. The van der Waals surface area contributed by atoms with E-state index in [0.29, 0.717) is 6.54 Å². The molecule has 0 aliphatic carbocycles. The summed E-state index contributed by atoms with van der Waals surface area (Å²) < 4.78 is 1.35. The van der Waals surface area contributed by atoms with Crippen LogP contribution in [0.25, 0.3) is 0 Å². The fourth-order valence-electron chi connectivity index (χ4n) is 1.72. The van der Waals surface area contributed by atoms with E-state index in [9.17, 15) is 9.59 Å². The Morgan fingerprint density at radius 1 is 1.33 bits per heavy atom. The first-order valence-corrected chi connectivity index (χ1v) is 6.29. The first kappa shape index (κ1) is 14.7. The van der Waals surface area contributed by atoms with Gasteiger partial charge < -0.3 is 16.2 Å². The molecule has 2 rings (SSSR count). The Labute approximate surface area is 120 Å². The van der Waals surface area contributed by atoms with Crippen molar-refractivity contribution in [2.75, 3.05) is 6.54 Å². The number of hydrogen-bond acceptors (Lipinski definition) is 5. The Morgan fingerprint density at radius 3 is 2.67 bits per heavy atom. The largest absolute Gasteiger partial charge is 0.476 e. The van der Waals surface area contributed by atoms with Crippen molar-refractivity contribution in [3.05, 3.63) is 47.8 Å². The number of carbonyl (C=O) groups excluding carboxylic acids is 1. The number of benzene rings is 1. The van der Waals surface area contributed by atoms with Crippen LogP contribution in [-0.4, -0.2) is 38.5 Å². The SMILES string of the molecule is N[C@H](C(=O)NCCn1cc(C(=O)O)nn1)c1ccccc1. The molecule has 110 valence electrons. The molecule has 4 N–H and O–H groups in total. The van der Waals surface area contributed by atoms with Crippen molar-refractivity contribution in [3.63, 3.8) is 0 Å². The minimum Gasteiger partial charge on any atom is -0.476 e. The van der Waals surface area contributed by atoms with Crippen molar-refractivity contribution in [2.45, 2.75) is 12.6 Å². The highest BCUT2D eigenvalue weighted by Gasteiger charge is 2.15. The average Bonchev–Trinajstić information content (AvgIpc) is 2.96. The average molecular weight is 289 g/mol. The van der Waals surface area contributed by atoms with E-state index in [1.54, 1.807) is 12.1 Å². The zero-order valence-electron chi connectivity index (χ0n) is 11.1. The smallest absolute Gasteiger partial charge is 0.358 e. The minimum atomic E-state index is -1.14. The maximum atomic E-state index is 11.9. The molecule has 0 radical (unpaired) electrons. The van der Waals surface area contributed by atoms with E-state index in [1.807, 2.05) is 18.2 Å². The van der Waals surface area contributed by atoms with Gasteiger partial charge in [-0.2, -0.15) is 0 Å². The molecule has 21 heavy (non-hydrogen) atoms. The molecule has 0 bridgehead atoms. The number of hydrogen-bond donors (Lipinski definition) is 3. The number of carbonyl (C=O) groups is 2. The number of aromatic carboxylic acids is 1. The molecule has 1 amide bonds. The molecular formula is C13H15N5O3. The maximum absolute atomic E-state index is 11.9. The van der Waals surface area contributed by atoms with Crippen LogP contribution < -0.4 is 11.1 Å². The Bertz CT molecular complexity index is 626. The summed E-state index contributed by atoms with van der Waals surface area (Å²) in [5, 5.41) is 18.5. The zero-order chi connectivity index (χ0) is 15.2. The van der Waals surface area contributed by atoms with Gasteiger partial charge in [0.05, 0.1) is 12.7 Å². The van der Waals surface area contributed by atoms with Gasteiger partial charge >= 0.3 is 5.97 Å². The Balaban J connectivity index is 1.82. The second-order valence-electron chi connectivity index (χ2n) is 4.35. The third-order valence-corrected chi connectivity index (χ3v) is 2.84. The predicted octanol–water partition coefficient (Wildman–Crippen LogP) is -0.207. The van der Waals surface area contributed by atoms with Crippen LogP contribution in [0.5, 0.6) is 0 Å². The summed E-state index contributed by atoms with van der Waals surface area (Å²) in [6.07, 6.45) is 1.30. The molecule has 1 atom stereocenters. The van der Waals surface area contributed by atoms with Gasteiger partial charge in [-0.1, -0.05) is 35.5 Å². The van der Waals surface area contributed by atoms with Gasteiger partial charge in [-0.15, -0.1) is 5.10 Å². The standard InChI is InChI=1S/C13H15N5O3/c14-11(9-4-2-1-3-5-9)12(19)15-6-7-18-8-10(13(20)21)16-17-18/h1-5,8,11H,6-7,14H2,(H,15,19)(H,20,21)/t11-/m0/s1. The van der Waals surface area contributed by atoms with Crippen LogP contribution in [0.15, 0.2) is 36.5 Å². The van der Waals surface area contributed by atoms with Crippen molar-refractivity contribution in [1.82, 2.24) is 20.3 Å². The molecule has 8 nitrogen and oxygen atoms in total. The maximum Gasteiger partial charge on any atom is 0.358 e. The number of rotatable bonds is 6. The molecule has 0 fully saturated rings. The molecule has 1 aromatic carbocycles. The first-order valence-electron chi connectivity index (χ1n) is 6.29. The third kappa shape index (κ3) is 3.86. The molecule has 2 aromatic rings. The number of nitrogens with zero attached hydrogens (tertiary/aromatic N) is 3. The molecule has 0 unspecified atom stereocenters. The van der Waals surface area contributed by atoms with Gasteiger partial charge in [-0.05, 0) is 5.56 Å². The fraction of sp³-hybridized carbons (Fsp3) is 0.231. The van der Waals surface area contributed by atoms with Gasteiger partial charge in [0.25, 0.3) is 0 Å². The summed E-state index contributed by atoms with van der Waals surface area (Å²) in [4.78, 5) is 22.5. The van der Waals surface area contributed by atoms with Crippen LogP contribution in [0.1, 0.15) is 22.1 Å². The topological polar surface area (TPSA) is 123 Å². The van der Waals surface area contributed by atoms with E-state index >= 15 is 0 Å². The van der Waals surface area contributed by atoms with E-state index in [1.165, 1.54) is 10.9 Å². The van der Waals surface area contributed by atoms with E-state index in [2.05, 4.69) is 15.6 Å². The summed E-state index contributed by atoms with van der Waals surface area (Å²) in [6, 6.07) is 8.29. The summed E-state index contributed by atoms with van der Waals surface area (Å²) >= 11 is 0. The van der Waals surface area contributed by atoms with Crippen molar-refractivity contribution in [3.8, 4) is 0 Å². The van der Waals surface area contributed by atoms with Crippen molar-refractivity contribution >= 4 is 11.9 Å². The van der Waals surface area contributed by atoms with Crippen LogP contribution >= 0.6 is 0 Å². The van der Waals surface area contributed by atoms with Crippen molar-refractivity contribution in [1.29, 1.82) is 0 Å². The summed E-state index contributed by atoms with van der Waals surface area (Å²) in [5.41, 5.74) is 6.43. The molecule has 0 saturated carbocycles. The monoisotopic (exact) mass is 289 g/mol. The van der Waals surface area contributed by atoms with Crippen molar-refractivity contribution in [2.24, 2.45) is 5.73 Å². The van der Waals surface area contributed by atoms with Crippen LogP contribution in [-0.2, 0) is 11.3 Å². The van der Waals surface area contributed by atoms with Gasteiger partial charge in [-0.3, -0.25) is 4.79 Å². The lowest BCUT2D eigenvalue weighted by Crippen LogP contribution is -2.35. The molecule has 8 heteroatoms. The second-order valence-corrected chi connectivity index (χ2v) is 4.35. The lowest BCUT2D eigenvalue weighted by atomic mass is 10.1. The zero-order valence-corrected chi connectivity index (χ0v) is 11.1. The predicted molar refractivity (Wildman–Crippen MR) is 73.4 cm³/mol. The lowest BCUT2D eigenvalue weighted by molar-refractivity contribution is -0.122. The first-order chi connectivity index (χ1) is 10.1. The highest BCUT2D eigenvalue weighted by molar-refractivity contribution is 5.84. The molecule has 0 aliphatic heterocycles. The molecule has 1 heterocycles. The normalized spacial score (nSPS) is 11.9. The number of amides is 1. The van der Waals surface area contributed by atoms with Gasteiger partial charge in [0.2, 0.25) is 5.91 Å². The lowest BCUT2D eigenvalue weighted by Gasteiger charge is -2.12. The minimum absolute atomic E-state index is 0.137. The number of carboxylic acid groups (broad SMARTS) is 1. The summed E-state index contributed by atoms with van der Waals surface area (Å²) in [6.45, 7) is 0.593. The van der Waals surface area contributed by atoms with Gasteiger partial charge in [0.1, 0.15) is 6.04 Å². The second kappa shape index (κ2) is 6.62. The molecule has 0 spiro atoms. The van der Waals surface area contributed by atoms with Gasteiger partial charge in [0.15, 0.2) is 5.69 Å². The highest BCUT2D eigenvalue weighted by Crippen LogP contribution is 2.08.